The van der Waals surface area contributed by atoms with Gasteiger partial charge >= 0.3 is 0 Å². The molecule has 0 bridgehead atoms. The Morgan fingerprint density at radius 1 is 1.35 bits per heavy atom. The second-order valence-electron chi connectivity index (χ2n) is 5.18. The van der Waals surface area contributed by atoms with Crippen LogP contribution in [0.3, 0.4) is 0 Å². The van der Waals surface area contributed by atoms with Gasteiger partial charge in [0.15, 0.2) is 0 Å². The molecule has 0 fully saturated rings. The lowest BCUT2D eigenvalue weighted by Gasteiger charge is -2.34. The van der Waals surface area contributed by atoms with E-state index in [1.807, 2.05) is 6.92 Å². The normalized spacial score (nSPS) is 12.5. The molecule has 0 atom stereocenters. The average molecular weight is 302 g/mol. The van der Waals surface area contributed by atoms with E-state index in [9.17, 15) is 0 Å². The highest BCUT2D eigenvalue weighted by molar-refractivity contribution is 9.10. The van der Waals surface area contributed by atoms with E-state index in [4.69, 9.17) is 0 Å². The maximum Gasteiger partial charge on any atom is 0.0739 e. The first-order chi connectivity index (χ1) is 7.83. The molecule has 1 aromatic heterocycles. The van der Waals surface area contributed by atoms with E-state index in [1.165, 1.54) is 5.69 Å². The summed E-state index contributed by atoms with van der Waals surface area (Å²) in [6.07, 6.45) is 1.14. The number of aryl methyl sites for hydroxylation is 2. The van der Waals surface area contributed by atoms with Crippen molar-refractivity contribution in [2.75, 3.05) is 7.05 Å². The summed E-state index contributed by atoms with van der Waals surface area (Å²) in [7, 11) is 2.18. The molecule has 0 aromatic carbocycles. The Hall–Kier alpha value is -0.350. The molecule has 4 heteroatoms. The third kappa shape index (κ3) is 3.10. The molecule has 3 nitrogen and oxygen atoms in total. The number of nitrogens with zero attached hydrogens (tertiary/aromatic N) is 3. The molecule has 98 valence electrons. The second kappa shape index (κ2) is 5.53. The van der Waals surface area contributed by atoms with Crippen LogP contribution in [0.1, 0.15) is 45.5 Å². The molecule has 0 saturated carbocycles. The van der Waals surface area contributed by atoms with E-state index >= 15 is 0 Å². The van der Waals surface area contributed by atoms with Gasteiger partial charge in [-0.1, -0.05) is 6.92 Å². The third-order valence-electron chi connectivity index (χ3n) is 3.74. The van der Waals surface area contributed by atoms with E-state index in [1.54, 1.807) is 0 Å². The van der Waals surface area contributed by atoms with Crippen LogP contribution < -0.4 is 0 Å². The Bertz CT molecular complexity index is 382. The van der Waals surface area contributed by atoms with Gasteiger partial charge in [-0.15, -0.1) is 0 Å². The highest BCUT2D eigenvalue weighted by Crippen LogP contribution is 2.25. The molecule has 0 spiro atoms. The second-order valence-corrected chi connectivity index (χ2v) is 5.98. The molecule has 0 amide bonds. The van der Waals surface area contributed by atoms with Crippen molar-refractivity contribution in [3.8, 4) is 0 Å². The van der Waals surface area contributed by atoms with Gasteiger partial charge in [0.25, 0.3) is 0 Å². The molecular weight excluding hydrogens is 278 g/mol. The van der Waals surface area contributed by atoms with Crippen molar-refractivity contribution in [2.45, 2.75) is 59.7 Å². The van der Waals surface area contributed by atoms with Gasteiger partial charge in [-0.05, 0) is 57.1 Å². The smallest absolute Gasteiger partial charge is 0.0739 e. The fourth-order valence-electron chi connectivity index (χ4n) is 1.73. The van der Waals surface area contributed by atoms with Gasteiger partial charge in [-0.3, -0.25) is 9.58 Å². The Kier molecular flexibility index (Phi) is 4.78. The molecule has 0 aliphatic carbocycles. The summed E-state index contributed by atoms with van der Waals surface area (Å²) < 4.78 is 3.24. The van der Waals surface area contributed by atoms with Crippen LogP contribution in [0.4, 0.5) is 0 Å². The quantitative estimate of drug-likeness (QED) is 0.828. The summed E-state index contributed by atoms with van der Waals surface area (Å²) in [6.45, 7) is 12.8. The Morgan fingerprint density at radius 3 is 2.41 bits per heavy atom. The number of rotatable bonds is 5. The number of halogens is 1. The van der Waals surface area contributed by atoms with Crippen LogP contribution in [0.25, 0.3) is 0 Å². The molecule has 0 aliphatic rings. The first-order valence-electron chi connectivity index (χ1n) is 6.26. The topological polar surface area (TPSA) is 21.1 Å². The van der Waals surface area contributed by atoms with Gasteiger partial charge in [0.2, 0.25) is 0 Å². The van der Waals surface area contributed by atoms with Crippen LogP contribution in [0, 0.1) is 6.92 Å². The maximum atomic E-state index is 4.53. The molecule has 0 N–H and O–H groups in total. The van der Waals surface area contributed by atoms with Gasteiger partial charge in [0.05, 0.1) is 15.9 Å². The average Bonchev–Trinajstić information content (AvgIpc) is 2.56. The monoisotopic (exact) mass is 301 g/mol. The maximum absolute atomic E-state index is 4.53. The highest BCUT2D eigenvalue weighted by atomic mass is 79.9. The number of hydrogen-bond donors (Lipinski definition) is 0. The highest BCUT2D eigenvalue weighted by Gasteiger charge is 2.23. The van der Waals surface area contributed by atoms with Crippen molar-refractivity contribution in [3.63, 3.8) is 0 Å². The summed E-state index contributed by atoms with van der Waals surface area (Å²) in [4.78, 5) is 2.39. The van der Waals surface area contributed by atoms with E-state index in [0.29, 0.717) is 0 Å². The lowest BCUT2D eigenvalue weighted by atomic mass is 10.00. The van der Waals surface area contributed by atoms with Crippen molar-refractivity contribution in [1.82, 2.24) is 14.7 Å². The first kappa shape index (κ1) is 14.7. The van der Waals surface area contributed by atoms with Crippen molar-refractivity contribution >= 4 is 15.9 Å². The van der Waals surface area contributed by atoms with Crippen molar-refractivity contribution in [1.29, 1.82) is 0 Å². The molecule has 0 radical (unpaired) electrons. The summed E-state index contributed by atoms with van der Waals surface area (Å²) in [5.74, 6) is 0. The van der Waals surface area contributed by atoms with Crippen molar-refractivity contribution < 1.29 is 0 Å². The zero-order valence-electron chi connectivity index (χ0n) is 11.8. The Morgan fingerprint density at radius 2 is 1.94 bits per heavy atom. The van der Waals surface area contributed by atoms with Gasteiger partial charge in [0.1, 0.15) is 0 Å². The fraction of sp³-hybridized carbons (Fsp3) is 0.769. The lowest BCUT2D eigenvalue weighted by molar-refractivity contribution is 0.139. The Balaban J connectivity index is 2.95. The van der Waals surface area contributed by atoms with Crippen LogP contribution in [0.15, 0.2) is 4.47 Å². The molecule has 0 saturated heterocycles. The zero-order chi connectivity index (χ0) is 13.2. The largest absolute Gasteiger partial charge is 0.295 e. The molecular formula is C13H24BrN3. The van der Waals surface area contributed by atoms with Crippen LogP contribution in [0.5, 0.6) is 0 Å². The third-order valence-corrected chi connectivity index (χ3v) is 4.77. The molecule has 1 heterocycles. The molecule has 1 rings (SSSR count). The number of aromatic nitrogens is 2. The predicted octanol–water partition coefficient (Wildman–Crippen LogP) is 3.59. The predicted molar refractivity (Wildman–Crippen MR) is 76.2 cm³/mol. The molecule has 0 aliphatic heterocycles. The minimum Gasteiger partial charge on any atom is -0.295 e. The fourth-order valence-corrected chi connectivity index (χ4v) is 2.14. The van der Waals surface area contributed by atoms with Gasteiger partial charge in [0, 0.05) is 18.6 Å². The van der Waals surface area contributed by atoms with Crippen LogP contribution >= 0.6 is 15.9 Å². The van der Waals surface area contributed by atoms with Gasteiger partial charge in [-0.2, -0.15) is 5.10 Å². The first-order valence-corrected chi connectivity index (χ1v) is 7.05. The van der Waals surface area contributed by atoms with Crippen LogP contribution in [-0.4, -0.2) is 27.3 Å². The molecule has 17 heavy (non-hydrogen) atoms. The SMILES string of the molecule is CCn1nc(C)c(Br)c1CN(C)C(C)(C)CC. The summed E-state index contributed by atoms with van der Waals surface area (Å²) >= 11 is 3.65. The van der Waals surface area contributed by atoms with Gasteiger partial charge < -0.3 is 0 Å². The lowest BCUT2D eigenvalue weighted by Crippen LogP contribution is -2.40. The molecule has 1 aromatic rings. The zero-order valence-corrected chi connectivity index (χ0v) is 13.4. The van der Waals surface area contributed by atoms with E-state index in [0.717, 1.165) is 29.7 Å². The van der Waals surface area contributed by atoms with Crippen LogP contribution in [-0.2, 0) is 13.1 Å². The van der Waals surface area contributed by atoms with Gasteiger partial charge in [-0.25, -0.2) is 0 Å². The standard InChI is InChI=1S/C13H24BrN3/c1-7-13(4,5)16(6)9-11-12(14)10(3)15-17(11)8-2/h7-9H2,1-6H3. The van der Waals surface area contributed by atoms with E-state index in [2.05, 4.69) is 65.4 Å². The molecule has 0 unspecified atom stereocenters. The summed E-state index contributed by atoms with van der Waals surface area (Å²) in [5.41, 5.74) is 2.56. The summed E-state index contributed by atoms with van der Waals surface area (Å²) in [6, 6.07) is 0. The van der Waals surface area contributed by atoms with Crippen LogP contribution in [0.2, 0.25) is 0 Å². The number of hydrogen-bond acceptors (Lipinski definition) is 2. The van der Waals surface area contributed by atoms with Crippen molar-refractivity contribution in [2.24, 2.45) is 0 Å². The summed E-state index contributed by atoms with van der Waals surface area (Å²) in [5, 5.41) is 4.53. The van der Waals surface area contributed by atoms with Crippen molar-refractivity contribution in [3.05, 3.63) is 15.9 Å². The van der Waals surface area contributed by atoms with E-state index in [-0.39, 0.29) is 5.54 Å². The minimum atomic E-state index is 0.218. The minimum absolute atomic E-state index is 0.218. The Labute approximate surface area is 113 Å². The van der Waals surface area contributed by atoms with E-state index < -0.39 is 0 Å².